The lowest BCUT2D eigenvalue weighted by molar-refractivity contribution is 0.102. The number of hydrogen-bond acceptors (Lipinski definition) is 5. The average Bonchev–Trinajstić information content (AvgIpc) is 3.13. The molecule has 0 saturated heterocycles. The van der Waals surface area contributed by atoms with Crippen LogP contribution in [0.4, 0.5) is 14.5 Å². The third kappa shape index (κ3) is 2.65. The highest BCUT2D eigenvalue weighted by atomic mass is 19.2. The molecule has 2 N–H and O–H groups in total. The molecule has 2 aromatic heterocycles. The summed E-state index contributed by atoms with van der Waals surface area (Å²) in [6, 6.07) is 2.92. The Bertz CT molecular complexity index is 873. The van der Waals surface area contributed by atoms with Gasteiger partial charge in [0, 0.05) is 5.56 Å². The van der Waals surface area contributed by atoms with Crippen LogP contribution in [0.25, 0.3) is 5.95 Å². The number of aryl methyl sites for hydroxylation is 1. The molecule has 0 fully saturated rings. The van der Waals surface area contributed by atoms with Gasteiger partial charge in [0.25, 0.3) is 11.9 Å². The van der Waals surface area contributed by atoms with Crippen molar-refractivity contribution in [2.24, 2.45) is 0 Å². The average molecular weight is 319 g/mol. The summed E-state index contributed by atoms with van der Waals surface area (Å²) in [6.07, 6.45) is 0. The number of hydrogen-bond donors (Lipinski definition) is 2. The third-order valence-corrected chi connectivity index (χ3v) is 3.24. The molecule has 0 aliphatic carbocycles. The number of nitrogens with one attached hydrogen (secondary N) is 2. The van der Waals surface area contributed by atoms with Crippen molar-refractivity contribution in [1.82, 2.24) is 30.4 Å². The zero-order valence-electron chi connectivity index (χ0n) is 12.1. The molecule has 1 aromatic carbocycles. The van der Waals surface area contributed by atoms with E-state index in [4.69, 9.17) is 0 Å². The molecule has 0 radical (unpaired) electrons. The van der Waals surface area contributed by atoms with Crippen LogP contribution >= 0.6 is 0 Å². The molecule has 10 heteroatoms. The van der Waals surface area contributed by atoms with Gasteiger partial charge in [-0.05, 0) is 37.3 Å². The maximum atomic E-state index is 13.2. The number of halogens is 2. The second-order valence-electron chi connectivity index (χ2n) is 4.75. The smallest absolute Gasteiger partial charge is 0.290 e. The zero-order valence-corrected chi connectivity index (χ0v) is 12.1. The van der Waals surface area contributed by atoms with E-state index in [2.05, 4.69) is 31.0 Å². The summed E-state index contributed by atoms with van der Waals surface area (Å²) in [5.41, 5.74) is 1.52. The number of tetrazole rings is 1. The van der Waals surface area contributed by atoms with Crippen LogP contribution < -0.4 is 5.32 Å². The minimum absolute atomic E-state index is 0.00462. The van der Waals surface area contributed by atoms with Crippen molar-refractivity contribution in [3.8, 4) is 5.95 Å². The van der Waals surface area contributed by atoms with E-state index in [1.807, 2.05) is 0 Å². The highest BCUT2D eigenvalue weighted by Crippen LogP contribution is 2.22. The van der Waals surface area contributed by atoms with Gasteiger partial charge in [-0.15, -0.1) is 5.10 Å². The first kappa shape index (κ1) is 14.8. The zero-order chi connectivity index (χ0) is 16.6. The number of carbonyl (C=O) groups is 1. The molecule has 0 aliphatic rings. The predicted octanol–water partition coefficient (Wildman–Crippen LogP) is 1.53. The molecule has 0 bridgehead atoms. The summed E-state index contributed by atoms with van der Waals surface area (Å²) in [5.74, 6) is -2.46. The number of aromatic nitrogens is 6. The molecular weight excluding hydrogens is 308 g/mol. The SMILES string of the molecule is Cc1nn(-c2nn[nH]n2)c(C)c1NC(=O)c1ccc(F)c(F)c1. The van der Waals surface area contributed by atoms with E-state index in [0.29, 0.717) is 17.1 Å². The minimum Gasteiger partial charge on any atom is -0.319 e. The Morgan fingerprint density at radius 1 is 1.26 bits per heavy atom. The number of benzene rings is 1. The number of amides is 1. The lowest BCUT2D eigenvalue weighted by Gasteiger charge is -2.06. The van der Waals surface area contributed by atoms with Gasteiger partial charge in [-0.25, -0.2) is 8.78 Å². The van der Waals surface area contributed by atoms with Crippen molar-refractivity contribution in [3.63, 3.8) is 0 Å². The molecule has 3 aromatic rings. The van der Waals surface area contributed by atoms with Crippen molar-refractivity contribution in [2.45, 2.75) is 13.8 Å². The second-order valence-corrected chi connectivity index (χ2v) is 4.75. The Morgan fingerprint density at radius 2 is 2.04 bits per heavy atom. The summed E-state index contributed by atoms with van der Waals surface area (Å²) in [5, 5.41) is 20.2. The van der Waals surface area contributed by atoms with Crippen molar-refractivity contribution in [3.05, 3.63) is 46.8 Å². The predicted molar refractivity (Wildman–Crippen MR) is 75.1 cm³/mol. The van der Waals surface area contributed by atoms with Crippen LogP contribution in [0.5, 0.6) is 0 Å². The monoisotopic (exact) mass is 319 g/mol. The molecule has 8 nitrogen and oxygen atoms in total. The highest BCUT2D eigenvalue weighted by molar-refractivity contribution is 6.04. The van der Waals surface area contributed by atoms with Crippen LogP contribution in [0.2, 0.25) is 0 Å². The van der Waals surface area contributed by atoms with E-state index < -0.39 is 17.5 Å². The topological polar surface area (TPSA) is 101 Å². The number of aromatic amines is 1. The van der Waals surface area contributed by atoms with Crippen LogP contribution in [0.15, 0.2) is 18.2 Å². The van der Waals surface area contributed by atoms with Crippen LogP contribution in [-0.4, -0.2) is 36.3 Å². The molecule has 118 valence electrons. The van der Waals surface area contributed by atoms with E-state index in [0.717, 1.165) is 12.1 Å². The van der Waals surface area contributed by atoms with E-state index in [1.165, 1.54) is 10.7 Å². The highest BCUT2D eigenvalue weighted by Gasteiger charge is 2.18. The Kier molecular flexibility index (Phi) is 3.56. The van der Waals surface area contributed by atoms with Crippen LogP contribution in [0.1, 0.15) is 21.7 Å². The first-order chi connectivity index (χ1) is 11.0. The number of nitrogens with zero attached hydrogens (tertiary/aromatic N) is 5. The number of H-pyrrole nitrogens is 1. The van der Waals surface area contributed by atoms with Crippen LogP contribution in [0, 0.1) is 25.5 Å². The summed E-state index contributed by atoms with van der Waals surface area (Å²) < 4.78 is 27.6. The van der Waals surface area contributed by atoms with E-state index >= 15 is 0 Å². The molecule has 23 heavy (non-hydrogen) atoms. The van der Waals surface area contributed by atoms with E-state index in [1.54, 1.807) is 13.8 Å². The molecule has 2 heterocycles. The van der Waals surface area contributed by atoms with Gasteiger partial charge < -0.3 is 5.32 Å². The fourth-order valence-corrected chi connectivity index (χ4v) is 2.09. The van der Waals surface area contributed by atoms with Crippen molar-refractivity contribution in [1.29, 1.82) is 0 Å². The molecule has 0 unspecified atom stereocenters. The van der Waals surface area contributed by atoms with Gasteiger partial charge in [-0.1, -0.05) is 5.10 Å². The van der Waals surface area contributed by atoms with Gasteiger partial charge in [-0.3, -0.25) is 4.79 Å². The normalized spacial score (nSPS) is 10.8. The van der Waals surface area contributed by atoms with Gasteiger partial charge >= 0.3 is 0 Å². The first-order valence-corrected chi connectivity index (χ1v) is 6.54. The summed E-state index contributed by atoms with van der Waals surface area (Å²) in [6.45, 7) is 3.39. The third-order valence-electron chi connectivity index (χ3n) is 3.24. The number of anilines is 1. The van der Waals surface area contributed by atoms with Gasteiger partial charge in [0.15, 0.2) is 11.6 Å². The lowest BCUT2D eigenvalue weighted by Crippen LogP contribution is -2.13. The summed E-state index contributed by atoms with van der Waals surface area (Å²) in [7, 11) is 0. The number of rotatable bonds is 3. The van der Waals surface area contributed by atoms with Gasteiger partial charge in [0.05, 0.1) is 17.1 Å². The molecule has 1 amide bonds. The van der Waals surface area contributed by atoms with Gasteiger partial charge in [-0.2, -0.15) is 15.0 Å². The molecule has 0 saturated carbocycles. The van der Waals surface area contributed by atoms with Crippen molar-refractivity contribution < 1.29 is 13.6 Å². The summed E-state index contributed by atoms with van der Waals surface area (Å²) >= 11 is 0. The summed E-state index contributed by atoms with van der Waals surface area (Å²) in [4.78, 5) is 12.2. The molecule has 0 spiro atoms. The second kappa shape index (κ2) is 5.55. The van der Waals surface area contributed by atoms with Crippen molar-refractivity contribution >= 4 is 11.6 Å². The molecule has 0 atom stereocenters. The standard InChI is InChI=1S/C13H11F2N7O/c1-6-11(7(2)22(19-6)13-17-20-21-18-13)16-12(23)8-3-4-9(14)10(15)5-8/h3-5H,1-2H3,(H,16,23)(H,17,18,20,21). The maximum absolute atomic E-state index is 13.2. The Balaban J connectivity index is 1.91. The molecule has 0 aliphatic heterocycles. The maximum Gasteiger partial charge on any atom is 0.290 e. The van der Waals surface area contributed by atoms with Gasteiger partial charge in [0.1, 0.15) is 0 Å². The van der Waals surface area contributed by atoms with Crippen molar-refractivity contribution in [2.75, 3.05) is 5.32 Å². The fourth-order valence-electron chi connectivity index (χ4n) is 2.09. The fraction of sp³-hybridized carbons (Fsp3) is 0.154. The molecule has 3 rings (SSSR count). The van der Waals surface area contributed by atoms with E-state index in [-0.39, 0.29) is 11.5 Å². The molecular formula is C13H11F2N7O. The Labute approximate surface area is 128 Å². The number of carbonyl (C=O) groups excluding carboxylic acids is 1. The Hall–Kier alpha value is -3.17. The van der Waals surface area contributed by atoms with Crippen LogP contribution in [0.3, 0.4) is 0 Å². The van der Waals surface area contributed by atoms with E-state index in [9.17, 15) is 13.6 Å². The first-order valence-electron chi connectivity index (χ1n) is 6.54. The largest absolute Gasteiger partial charge is 0.319 e. The lowest BCUT2D eigenvalue weighted by atomic mass is 10.2. The minimum atomic E-state index is -1.09. The quantitative estimate of drug-likeness (QED) is 0.762. The van der Waals surface area contributed by atoms with Crippen LogP contribution in [-0.2, 0) is 0 Å². The Morgan fingerprint density at radius 3 is 2.70 bits per heavy atom. The van der Waals surface area contributed by atoms with Gasteiger partial charge in [0.2, 0.25) is 0 Å².